The lowest BCUT2D eigenvalue weighted by atomic mass is 9.99. The molecule has 2 rings (SSSR count). The van der Waals surface area contributed by atoms with E-state index in [4.69, 9.17) is 0 Å². The second-order valence-corrected chi connectivity index (χ2v) is 4.69. The number of hydrogen-bond donors (Lipinski definition) is 1. The molecule has 1 nitrogen and oxygen atoms in total. The lowest BCUT2D eigenvalue weighted by Gasteiger charge is -2.09. The normalized spacial score (nSPS) is 10.5. The van der Waals surface area contributed by atoms with Crippen LogP contribution < -0.4 is 0 Å². The zero-order valence-electron chi connectivity index (χ0n) is 10.9. The average Bonchev–Trinajstić information content (AvgIpc) is 2.41. The first kappa shape index (κ1) is 12.7. The lowest BCUT2D eigenvalue weighted by Crippen LogP contribution is -1.93. The Morgan fingerprint density at radius 2 is 1.61 bits per heavy atom. The van der Waals surface area contributed by atoms with Gasteiger partial charge in [0.25, 0.3) is 0 Å². The zero-order chi connectivity index (χ0) is 12.8. The Balaban J connectivity index is 2.18. The molecule has 1 heteroatoms. The highest BCUT2D eigenvalue weighted by atomic mass is 16.3. The van der Waals surface area contributed by atoms with Crippen molar-refractivity contribution in [3.63, 3.8) is 0 Å². The van der Waals surface area contributed by atoms with Crippen LogP contribution in [0.1, 0.15) is 36.5 Å². The summed E-state index contributed by atoms with van der Waals surface area (Å²) >= 11 is 0. The maximum Gasteiger partial charge on any atom is 0.122 e. The van der Waals surface area contributed by atoms with Gasteiger partial charge in [0.15, 0.2) is 0 Å². The Hall–Kier alpha value is -1.76. The van der Waals surface area contributed by atoms with Crippen molar-refractivity contribution in [2.24, 2.45) is 0 Å². The molecule has 0 bridgehead atoms. The Kier molecular flexibility index (Phi) is 4.40. The molecule has 0 unspecified atom stereocenters. The van der Waals surface area contributed by atoms with Crippen molar-refractivity contribution in [1.29, 1.82) is 0 Å². The predicted molar refractivity (Wildman–Crippen MR) is 76.0 cm³/mol. The first-order chi connectivity index (χ1) is 8.81. The molecular formula is C17H20O. The minimum atomic E-state index is 0.481. The SMILES string of the molecule is CCCCc1cccc(Cc2ccccc2)c1O. The molecule has 0 aliphatic carbocycles. The minimum Gasteiger partial charge on any atom is -0.507 e. The molecule has 18 heavy (non-hydrogen) atoms. The van der Waals surface area contributed by atoms with Gasteiger partial charge in [-0.3, -0.25) is 0 Å². The second kappa shape index (κ2) is 6.25. The van der Waals surface area contributed by atoms with Gasteiger partial charge in [-0.15, -0.1) is 0 Å². The Morgan fingerprint density at radius 3 is 2.33 bits per heavy atom. The van der Waals surface area contributed by atoms with Gasteiger partial charge >= 0.3 is 0 Å². The second-order valence-electron chi connectivity index (χ2n) is 4.69. The van der Waals surface area contributed by atoms with Crippen molar-refractivity contribution < 1.29 is 5.11 Å². The Morgan fingerprint density at radius 1 is 0.889 bits per heavy atom. The standard InChI is InChI=1S/C17H20O/c1-2-3-10-15-11-7-12-16(17(15)18)13-14-8-5-4-6-9-14/h4-9,11-12,18H,2-3,10,13H2,1H3. The summed E-state index contributed by atoms with van der Waals surface area (Å²) in [6.45, 7) is 2.17. The first-order valence-corrected chi connectivity index (χ1v) is 6.65. The van der Waals surface area contributed by atoms with Crippen LogP contribution in [0, 0.1) is 0 Å². The van der Waals surface area contributed by atoms with Crippen LogP contribution in [-0.2, 0) is 12.8 Å². The molecule has 0 saturated carbocycles. The van der Waals surface area contributed by atoms with Crippen LogP contribution >= 0.6 is 0 Å². The van der Waals surface area contributed by atoms with E-state index in [1.807, 2.05) is 36.4 Å². The van der Waals surface area contributed by atoms with E-state index in [1.165, 1.54) is 5.56 Å². The topological polar surface area (TPSA) is 20.2 Å². The van der Waals surface area contributed by atoms with Gasteiger partial charge in [-0.2, -0.15) is 0 Å². The van der Waals surface area contributed by atoms with Gasteiger partial charge in [-0.1, -0.05) is 61.9 Å². The molecule has 0 aromatic heterocycles. The highest BCUT2D eigenvalue weighted by Crippen LogP contribution is 2.26. The van der Waals surface area contributed by atoms with Crippen molar-refractivity contribution in [3.05, 3.63) is 65.2 Å². The number of phenols is 1. The molecule has 0 saturated heterocycles. The van der Waals surface area contributed by atoms with E-state index >= 15 is 0 Å². The molecule has 2 aromatic rings. The van der Waals surface area contributed by atoms with Crippen LogP contribution in [0.5, 0.6) is 5.75 Å². The fraction of sp³-hybridized carbons (Fsp3) is 0.294. The molecule has 0 amide bonds. The summed E-state index contributed by atoms with van der Waals surface area (Å²) in [5.41, 5.74) is 3.33. The molecule has 94 valence electrons. The van der Waals surface area contributed by atoms with E-state index in [-0.39, 0.29) is 0 Å². The van der Waals surface area contributed by atoms with Gasteiger partial charge in [-0.05, 0) is 29.5 Å². The number of aromatic hydroxyl groups is 1. The Labute approximate surface area is 109 Å². The quantitative estimate of drug-likeness (QED) is 0.825. The number of phenolic OH excluding ortho intramolecular Hbond substituents is 1. The number of benzene rings is 2. The van der Waals surface area contributed by atoms with Crippen molar-refractivity contribution in [2.45, 2.75) is 32.6 Å². The minimum absolute atomic E-state index is 0.481. The smallest absolute Gasteiger partial charge is 0.122 e. The fourth-order valence-electron chi connectivity index (χ4n) is 2.17. The summed E-state index contributed by atoms with van der Waals surface area (Å²) in [6, 6.07) is 16.4. The van der Waals surface area contributed by atoms with Gasteiger partial charge in [0.05, 0.1) is 0 Å². The van der Waals surface area contributed by atoms with Gasteiger partial charge in [0.2, 0.25) is 0 Å². The number of aryl methyl sites for hydroxylation is 1. The zero-order valence-corrected chi connectivity index (χ0v) is 10.9. The molecule has 2 aromatic carbocycles. The van der Waals surface area contributed by atoms with Gasteiger partial charge < -0.3 is 5.11 Å². The van der Waals surface area contributed by atoms with Crippen LogP contribution in [0.15, 0.2) is 48.5 Å². The molecular weight excluding hydrogens is 220 g/mol. The molecule has 0 heterocycles. The fourth-order valence-corrected chi connectivity index (χ4v) is 2.17. The van der Waals surface area contributed by atoms with E-state index in [0.717, 1.165) is 36.8 Å². The summed E-state index contributed by atoms with van der Waals surface area (Å²) in [5, 5.41) is 10.3. The van der Waals surface area contributed by atoms with E-state index in [9.17, 15) is 5.11 Å². The maximum atomic E-state index is 10.3. The van der Waals surface area contributed by atoms with Crippen LogP contribution in [0.3, 0.4) is 0 Å². The third kappa shape index (κ3) is 3.13. The van der Waals surface area contributed by atoms with Crippen LogP contribution in [-0.4, -0.2) is 5.11 Å². The van der Waals surface area contributed by atoms with Crippen molar-refractivity contribution >= 4 is 0 Å². The summed E-state index contributed by atoms with van der Waals surface area (Å²) in [4.78, 5) is 0. The van der Waals surface area contributed by atoms with E-state index in [0.29, 0.717) is 5.75 Å². The average molecular weight is 240 g/mol. The van der Waals surface area contributed by atoms with Crippen molar-refractivity contribution in [2.75, 3.05) is 0 Å². The molecule has 0 radical (unpaired) electrons. The monoisotopic (exact) mass is 240 g/mol. The highest BCUT2D eigenvalue weighted by molar-refractivity contribution is 5.43. The van der Waals surface area contributed by atoms with Crippen LogP contribution in [0.2, 0.25) is 0 Å². The number of hydrogen-bond acceptors (Lipinski definition) is 1. The lowest BCUT2D eigenvalue weighted by molar-refractivity contribution is 0.461. The van der Waals surface area contributed by atoms with Crippen molar-refractivity contribution in [1.82, 2.24) is 0 Å². The van der Waals surface area contributed by atoms with Gasteiger partial charge in [-0.25, -0.2) is 0 Å². The summed E-state index contributed by atoms with van der Waals surface area (Å²) in [7, 11) is 0. The van der Waals surface area contributed by atoms with Gasteiger partial charge in [0, 0.05) is 6.42 Å². The van der Waals surface area contributed by atoms with Crippen LogP contribution in [0.4, 0.5) is 0 Å². The molecule has 0 spiro atoms. The van der Waals surface area contributed by atoms with E-state index < -0.39 is 0 Å². The largest absolute Gasteiger partial charge is 0.507 e. The van der Waals surface area contributed by atoms with Crippen LogP contribution in [0.25, 0.3) is 0 Å². The predicted octanol–water partition coefficient (Wildman–Crippen LogP) is 4.33. The summed E-state index contributed by atoms with van der Waals surface area (Å²) < 4.78 is 0. The number of unbranched alkanes of at least 4 members (excludes halogenated alkanes) is 1. The third-order valence-electron chi connectivity index (χ3n) is 3.24. The Bertz CT molecular complexity index is 488. The van der Waals surface area contributed by atoms with Crippen molar-refractivity contribution in [3.8, 4) is 5.75 Å². The highest BCUT2D eigenvalue weighted by Gasteiger charge is 2.07. The van der Waals surface area contributed by atoms with E-state index in [1.54, 1.807) is 0 Å². The molecule has 0 aliphatic rings. The maximum absolute atomic E-state index is 10.3. The van der Waals surface area contributed by atoms with E-state index in [2.05, 4.69) is 19.1 Å². The molecule has 0 atom stereocenters. The molecule has 0 aliphatic heterocycles. The first-order valence-electron chi connectivity index (χ1n) is 6.65. The number of para-hydroxylation sites is 1. The number of rotatable bonds is 5. The third-order valence-corrected chi connectivity index (χ3v) is 3.24. The molecule has 0 fully saturated rings. The summed E-state index contributed by atoms with van der Waals surface area (Å²) in [5.74, 6) is 0.481. The molecule has 1 N–H and O–H groups in total. The van der Waals surface area contributed by atoms with Gasteiger partial charge in [0.1, 0.15) is 5.75 Å². The summed E-state index contributed by atoms with van der Waals surface area (Å²) in [6.07, 6.45) is 4.04.